The molecule has 2 N–H and O–H groups in total. The zero-order valence-electron chi connectivity index (χ0n) is 14.8. The Morgan fingerprint density at radius 2 is 1.05 bits per heavy atom. The van der Waals surface area contributed by atoms with Gasteiger partial charge in [-0.25, -0.2) is 0 Å². The molecule has 0 amide bonds. The predicted octanol–water partition coefficient (Wildman–Crippen LogP) is 3.25. The second-order valence-corrected chi connectivity index (χ2v) is 6.76. The molecule has 0 spiro atoms. The molecule has 0 aliphatic carbocycles. The Labute approximate surface area is 127 Å². The summed E-state index contributed by atoms with van der Waals surface area (Å²) in [5.74, 6) is 0. The van der Waals surface area contributed by atoms with Crippen LogP contribution in [0.3, 0.4) is 0 Å². The highest BCUT2D eigenvalue weighted by atomic mass is 15.1. The highest BCUT2D eigenvalue weighted by Gasteiger charge is 2.08. The van der Waals surface area contributed by atoms with E-state index in [-0.39, 0.29) is 0 Å². The molecule has 0 aromatic rings. The third-order valence-corrected chi connectivity index (χ3v) is 3.58. The van der Waals surface area contributed by atoms with Gasteiger partial charge in [0.15, 0.2) is 0 Å². The topological polar surface area (TPSA) is 27.3 Å². The van der Waals surface area contributed by atoms with Crippen molar-refractivity contribution in [3.63, 3.8) is 0 Å². The summed E-state index contributed by atoms with van der Waals surface area (Å²) < 4.78 is 0. The maximum absolute atomic E-state index is 3.49. The molecule has 20 heavy (non-hydrogen) atoms. The molecule has 3 nitrogen and oxygen atoms in total. The monoisotopic (exact) mass is 285 g/mol. The van der Waals surface area contributed by atoms with Crippen LogP contribution in [0.1, 0.15) is 67.2 Å². The molecule has 0 aromatic heterocycles. The van der Waals surface area contributed by atoms with Crippen LogP contribution >= 0.6 is 0 Å². The first-order chi connectivity index (χ1) is 9.43. The van der Waals surface area contributed by atoms with E-state index < -0.39 is 0 Å². The largest absolute Gasteiger partial charge is 0.315 e. The number of nitrogens with zero attached hydrogens (tertiary/aromatic N) is 1. The number of hydrogen-bond acceptors (Lipinski definition) is 3. The van der Waals surface area contributed by atoms with E-state index in [4.69, 9.17) is 0 Å². The summed E-state index contributed by atoms with van der Waals surface area (Å²) in [5, 5.41) is 6.98. The van der Waals surface area contributed by atoms with Crippen LogP contribution in [0.5, 0.6) is 0 Å². The normalized spacial score (nSPS) is 12.3. The number of hydrogen-bond donors (Lipinski definition) is 2. The van der Waals surface area contributed by atoms with Gasteiger partial charge in [0.25, 0.3) is 0 Å². The minimum absolute atomic E-state index is 0.615. The SMILES string of the molecule is CC(C)NCCCCN(CCCCNC(C)C)C(C)C. The molecule has 0 heterocycles. The average molecular weight is 286 g/mol. The van der Waals surface area contributed by atoms with E-state index >= 15 is 0 Å². The van der Waals surface area contributed by atoms with E-state index in [1.807, 2.05) is 0 Å². The first kappa shape index (κ1) is 19.9. The van der Waals surface area contributed by atoms with Gasteiger partial charge >= 0.3 is 0 Å². The van der Waals surface area contributed by atoms with Gasteiger partial charge in [-0.3, -0.25) is 0 Å². The number of unbranched alkanes of at least 4 members (excludes halogenated alkanes) is 2. The first-order valence-electron chi connectivity index (χ1n) is 8.64. The minimum Gasteiger partial charge on any atom is -0.315 e. The fourth-order valence-corrected chi connectivity index (χ4v) is 2.29. The molecule has 0 radical (unpaired) electrons. The quantitative estimate of drug-likeness (QED) is 0.509. The van der Waals surface area contributed by atoms with Crippen molar-refractivity contribution in [1.29, 1.82) is 0 Å². The first-order valence-corrected chi connectivity index (χ1v) is 8.64. The lowest BCUT2D eigenvalue weighted by atomic mass is 10.2. The van der Waals surface area contributed by atoms with Crippen molar-refractivity contribution < 1.29 is 0 Å². The van der Waals surface area contributed by atoms with Crippen LogP contribution in [0.15, 0.2) is 0 Å². The highest BCUT2D eigenvalue weighted by Crippen LogP contribution is 2.04. The predicted molar refractivity (Wildman–Crippen MR) is 91.5 cm³/mol. The Hall–Kier alpha value is -0.120. The lowest BCUT2D eigenvalue weighted by Crippen LogP contribution is -2.34. The van der Waals surface area contributed by atoms with Crippen molar-refractivity contribution in [3.05, 3.63) is 0 Å². The van der Waals surface area contributed by atoms with Gasteiger partial charge in [-0.2, -0.15) is 0 Å². The summed E-state index contributed by atoms with van der Waals surface area (Å²) in [5.41, 5.74) is 0. The van der Waals surface area contributed by atoms with Crippen LogP contribution in [0.4, 0.5) is 0 Å². The van der Waals surface area contributed by atoms with Gasteiger partial charge in [0.2, 0.25) is 0 Å². The van der Waals surface area contributed by atoms with E-state index in [0.717, 1.165) is 13.1 Å². The Morgan fingerprint density at radius 1 is 0.650 bits per heavy atom. The van der Waals surface area contributed by atoms with Gasteiger partial charge in [0, 0.05) is 18.1 Å². The van der Waals surface area contributed by atoms with Gasteiger partial charge in [-0.05, 0) is 65.7 Å². The van der Waals surface area contributed by atoms with Gasteiger partial charge < -0.3 is 15.5 Å². The summed E-state index contributed by atoms with van der Waals surface area (Å²) in [4.78, 5) is 2.63. The van der Waals surface area contributed by atoms with Crippen LogP contribution < -0.4 is 10.6 Å². The molecule has 0 unspecified atom stereocenters. The second-order valence-electron chi connectivity index (χ2n) is 6.76. The van der Waals surface area contributed by atoms with Crippen molar-refractivity contribution in [2.75, 3.05) is 26.2 Å². The summed E-state index contributed by atoms with van der Waals surface area (Å²) in [6.45, 7) is 18.3. The van der Waals surface area contributed by atoms with Crippen LogP contribution in [-0.2, 0) is 0 Å². The lowest BCUT2D eigenvalue weighted by molar-refractivity contribution is 0.212. The van der Waals surface area contributed by atoms with Crippen molar-refractivity contribution in [2.45, 2.75) is 85.4 Å². The second kappa shape index (κ2) is 12.6. The van der Waals surface area contributed by atoms with Gasteiger partial charge in [0.1, 0.15) is 0 Å². The lowest BCUT2D eigenvalue weighted by Gasteiger charge is -2.26. The molecular formula is C17H39N3. The molecule has 122 valence electrons. The average Bonchev–Trinajstić information content (AvgIpc) is 2.34. The maximum Gasteiger partial charge on any atom is 0.00385 e. The molecule has 0 saturated carbocycles. The fourth-order valence-electron chi connectivity index (χ4n) is 2.29. The van der Waals surface area contributed by atoms with E-state index in [0.29, 0.717) is 18.1 Å². The van der Waals surface area contributed by atoms with Crippen LogP contribution in [-0.4, -0.2) is 49.2 Å². The van der Waals surface area contributed by atoms with E-state index in [1.165, 1.54) is 38.8 Å². The summed E-state index contributed by atoms with van der Waals surface area (Å²) in [6, 6.07) is 1.90. The summed E-state index contributed by atoms with van der Waals surface area (Å²) >= 11 is 0. The molecule has 0 aromatic carbocycles. The zero-order chi connectivity index (χ0) is 15.4. The standard InChI is InChI=1S/C17H39N3/c1-15(2)18-11-7-9-13-20(17(5)6)14-10-8-12-19-16(3)4/h15-19H,7-14H2,1-6H3. The zero-order valence-corrected chi connectivity index (χ0v) is 14.8. The van der Waals surface area contributed by atoms with Gasteiger partial charge in [-0.1, -0.05) is 27.7 Å². The molecule has 0 aliphatic rings. The number of nitrogens with one attached hydrogen (secondary N) is 2. The third kappa shape index (κ3) is 12.9. The molecule has 0 saturated heterocycles. The molecule has 0 bridgehead atoms. The van der Waals surface area contributed by atoms with Crippen molar-refractivity contribution >= 4 is 0 Å². The van der Waals surface area contributed by atoms with Crippen molar-refractivity contribution in [3.8, 4) is 0 Å². The van der Waals surface area contributed by atoms with Crippen LogP contribution in [0, 0.1) is 0 Å². The van der Waals surface area contributed by atoms with Crippen LogP contribution in [0.2, 0.25) is 0 Å². The summed E-state index contributed by atoms with van der Waals surface area (Å²) in [6.07, 6.45) is 5.19. The molecular weight excluding hydrogens is 246 g/mol. The highest BCUT2D eigenvalue weighted by molar-refractivity contribution is 4.65. The van der Waals surface area contributed by atoms with Crippen molar-refractivity contribution in [1.82, 2.24) is 15.5 Å². The van der Waals surface area contributed by atoms with Crippen molar-refractivity contribution in [2.24, 2.45) is 0 Å². The van der Waals surface area contributed by atoms with Gasteiger partial charge in [0.05, 0.1) is 0 Å². The summed E-state index contributed by atoms with van der Waals surface area (Å²) in [7, 11) is 0. The fraction of sp³-hybridized carbons (Fsp3) is 1.00. The van der Waals surface area contributed by atoms with E-state index in [9.17, 15) is 0 Å². The molecule has 0 rings (SSSR count). The van der Waals surface area contributed by atoms with Gasteiger partial charge in [-0.15, -0.1) is 0 Å². The Kier molecular flexibility index (Phi) is 12.5. The Bertz CT molecular complexity index is 184. The molecule has 0 aliphatic heterocycles. The Morgan fingerprint density at radius 3 is 1.35 bits per heavy atom. The smallest absolute Gasteiger partial charge is 0.00385 e. The van der Waals surface area contributed by atoms with Crippen LogP contribution in [0.25, 0.3) is 0 Å². The molecule has 0 atom stereocenters. The third-order valence-electron chi connectivity index (χ3n) is 3.58. The molecule has 3 heteroatoms. The maximum atomic E-state index is 3.49. The molecule has 0 fully saturated rings. The van der Waals surface area contributed by atoms with E-state index in [1.54, 1.807) is 0 Å². The number of rotatable bonds is 13. The minimum atomic E-state index is 0.615. The van der Waals surface area contributed by atoms with E-state index in [2.05, 4.69) is 57.1 Å². The Balaban J connectivity index is 3.61.